The molecule has 9 aromatic rings. The van der Waals surface area contributed by atoms with Gasteiger partial charge in [0, 0.05) is 38.7 Å². The van der Waals surface area contributed by atoms with Gasteiger partial charge in [-0.2, -0.15) is 9.97 Å². The number of nitrogens with zero attached hydrogens (tertiary/aromatic N) is 5. The Labute approximate surface area is 289 Å². The summed E-state index contributed by atoms with van der Waals surface area (Å²) in [5.74, 6) is 1.81. The molecule has 0 atom stereocenters. The van der Waals surface area contributed by atoms with Gasteiger partial charge >= 0.3 is 0 Å². The van der Waals surface area contributed by atoms with Gasteiger partial charge in [0.2, 0.25) is 5.95 Å². The summed E-state index contributed by atoms with van der Waals surface area (Å²) in [5.41, 5.74) is 11.9. The molecule has 0 saturated carbocycles. The summed E-state index contributed by atoms with van der Waals surface area (Å²) in [6.07, 6.45) is 0. The summed E-state index contributed by atoms with van der Waals surface area (Å²) in [6.45, 7) is 0. The first-order chi connectivity index (χ1) is 24.8. The zero-order valence-electron chi connectivity index (χ0n) is 27.0. The van der Waals surface area contributed by atoms with E-state index in [9.17, 15) is 0 Å². The van der Waals surface area contributed by atoms with E-state index < -0.39 is 0 Å². The average molecular weight is 640 g/mol. The van der Waals surface area contributed by atoms with Crippen molar-refractivity contribution in [2.75, 3.05) is 4.90 Å². The minimum Gasteiger partial charge on any atom is -0.309 e. The first-order valence-electron chi connectivity index (χ1n) is 16.8. The summed E-state index contributed by atoms with van der Waals surface area (Å²) >= 11 is 0. The lowest BCUT2D eigenvalue weighted by atomic mass is 9.92. The topological polar surface area (TPSA) is 46.8 Å². The molecule has 7 aromatic carbocycles. The second-order valence-electron chi connectivity index (χ2n) is 12.5. The fraction of sp³-hybridized carbons (Fsp3) is 0. The quantitative estimate of drug-likeness (QED) is 0.192. The van der Waals surface area contributed by atoms with Crippen molar-refractivity contribution in [1.29, 1.82) is 0 Å². The van der Waals surface area contributed by atoms with E-state index in [0.717, 1.165) is 50.4 Å². The fourth-order valence-electron chi connectivity index (χ4n) is 7.35. The molecule has 5 nitrogen and oxygen atoms in total. The zero-order valence-corrected chi connectivity index (χ0v) is 27.0. The van der Waals surface area contributed by atoms with E-state index in [1.807, 2.05) is 60.7 Å². The molecule has 0 bridgehead atoms. The van der Waals surface area contributed by atoms with Crippen LogP contribution < -0.4 is 4.90 Å². The van der Waals surface area contributed by atoms with Crippen molar-refractivity contribution in [2.45, 2.75) is 0 Å². The Kier molecular flexibility index (Phi) is 6.42. The van der Waals surface area contributed by atoms with Gasteiger partial charge in [-0.15, -0.1) is 0 Å². The van der Waals surface area contributed by atoms with Crippen molar-refractivity contribution in [2.24, 2.45) is 0 Å². The molecule has 10 rings (SSSR count). The van der Waals surface area contributed by atoms with Gasteiger partial charge in [0.1, 0.15) is 0 Å². The molecule has 0 saturated heterocycles. The van der Waals surface area contributed by atoms with Crippen LogP contribution in [0.1, 0.15) is 0 Å². The minimum absolute atomic E-state index is 0.564. The number of rotatable bonds is 4. The van der Waals surface area contributed by atoms with Crippen LogP contribution in [-0.4, -0.2) is 19.5 Å². The van der Waals surface area contributed by atoms with Gasteiger partial charge < -0.3 is 4.57 Å². The molecule has 0 amide bonds. The molecule has 0 unspecified atom stereocenters. The normalized spacial score (nSPS) is 12.0. The molecule has 5 heteroatoms. The van der Waals surface area contributed by atoms with Crippen LogP contribution in [0.2, 0.25) is 0 Å². The van der Waals surface area contributed by atoms with Crippen LogP contribution >= 0.6 is 0 Å². The number of benzene rings is 7. The van der Waals surface area contributed by atoms with Crippen molar-refractivity contribution < 1.29 is 0 Å². The number of para-hydroxylation sites is 4. The van der Waals surface area contributed by atoms with Crippen molar-refractivity contribution >= 4 is 39.1 Å². The van der Waals surface area contributed by atoms with Crippen LogP contribution in [-0.2, 0) is 0 Å². The molecule has 50 heavy (non-hydrogen) atoms. The lowest BCUT2D eigenvalue weighted by molar-refractivity contribution is 1.02. The van der Waals surface area contributed by atoms with E-state index in [1.165, 1.54) is 21.9 Å². The zero-order chi connectivity index (χ0) is 33.0. The third kappa shape index (κ3) is 4.45. The molecule has 0 fully saturated rings. The van der Waals surface area contributed by atoms with Crippen molar-refractivity contribution in [3.63, 3.8) is 0 Å². The van der Waals surface area contributed by atoms with E-state index in [2.05, 4.69) is 125 Å². The van der Waals surface area contributed by atoms with Crippen molar-refractivity contribution in [1.82, 2.24) is 19.5 Å². The first-order valence-corrected chi connectivity index (χ1v) is 16.8. The van der Waals surface area contributed by atoms with Gasteiger partial charge in [-0.05, 0) is 53.6 Å². The highest BCUT2D eigenvalue weighted by atomic mass is 15.3. The van der Waals surface area contributed by atoms with Crippen LogP contribution in [0.15, 0.2) is 176 Å². The average Bonchev–Trinajstić information content (AvgIpc) is 3.46. The lowest BCUT2D eigenvalue weighted by Crippen LogP contribution is -2.16. The first kappa shape index (κ1) is 28.2. The fourth-order valence-corrected chi connectivity index (χ4v) is 7.35. The molecule has 3 heterocycles. The molecule has 0 radical (unpaired) electrons. The summed E-state index contributed by atoms with van der Waals surface area (Å²) in [4.78, 5) is 17.6. The molecule has 1 aliphatic rings. The Balaban J connectivity index is 1.28. The van der Waals surface area contributed by atoms with E-state index in [-0.39, 0.29) is 0 Å². The van der Waals surface area contributed by atoms with Crippen LogP contribution in [0.3, 0.4) is 0 Å². The van der Waals surface area contributed by atoms with E-state index in [4.69, 9.17) is 15.0 Å². The third-order valence-corrected chi connectivity index (χ3v) is 9.58. The standard InChI is InChI=1S/C45H29N5/c1-4-16-30(17-5-1)43-46-44(31-18-6-2-7-19-31)48-45(47-43)50-40-26-14-10-22-33(40)36-28-38-35-24-12-13-25-39(35)49(32-20-8-3-9-21-32)42(38)29-37(36)34-23-11-15-27-41(34)50/h1-29H. The van der Waals surface area contributed by atoms with Crippen LogP contribution in [0, 0.1) is 0 Å². The predicted octanol–water partition coefficient (Wildman–Crippen LogP) is 11.4. The summed E-state index contributed by atoms with van der Waals surface area (Å²) in [6, 6.07) is 61.6. The predicted molar refractivity (Wildman–Crippen MR) is 204 cm³/mol. The largest absolute Gasteiger partial charge is 0.309 e. The molecule has 0 aliphatic carbocycles. The van der Waals surface area contributed by atoms with Gasteiger partial charge in [-0.1, -0.05) is 133 Å². The monoisotopic (exact) mass is 639 g/mol. The van der Waals surface area contributed by atoms with E-state index >= 15 is 0 Å². The SMILES string of the molecule is c1ccc(-c2nc(-c3ccccc3)nc(N3c4ccccc4-c4cc5c6ccccc6n(-c6ccccc6)c5cc4-c4ccccc43)n2)cc1. The van der Waals surface area contributed by atoms with Gasteiger partial charge in [-0.3, -0.25) is 4.90 Å². The Hall–Kier alpha value is -6.85. The van der Waals surface area contributed by atoms with Crippen LogP contribution in [0.25, 0.3) is 72.5 Å². The van der Waals surface area contributed by atoms with Gasteiger partial charge in [0.25, 0.3) is 0 Å². The third-order valence-electron chi connectivity index (χ3n) is 9.58. The molecule has 1 aliphatic heterocycles. The highest BCUT2D eigenvalue weighted by molar-refractivity contribution is 6.14. The number of aromatic nitrogens is 4. The maximum atomic E-state index is 5.19. The number of hydrogen-bond acceptors (Lipinski definition) is 4. The molecular formula is C45H29N5. The smallest absolute Gasteiger partial charge is 0.238 e. The van der Waals surface area contributed by atoms with Gasteiger partial charge in [-0.25, -0.2) is 4.98 Å². The molecule has 0 N–H and O–H groups in total. The van der Waals surface area contributed by atoms with E-state index in [0.29, 0.717) is 17.6 Å². The van der Waals surface area contributed by atoms with Crippen LogP contribution in [0.4, 0.5) is 17.3 Å². The number of hydrogen-bond donors (Lipinski definition) is 0. The van der Waals surface area contributed by atoms with E-state index in [1.54, 1.807) is 0 Å². The minimum atomic E-state index is 0.564. The highest BCUT2D eigenvalue weighted by Crippen LogP contribution is 2.52. The van der Waals surface area contributed by atoms with Gasteiger partial charge in [0.15, 0.2) is 11.6 Å². The maximum Gasteiger partial charge on any atom is 0.238 e. The summed E-state index contributed by atoms with van der Waals surface area (Å²) in [7, 11) is 0. The highest BCUT2D eigenvalue weighted by Gasteiger charge is 2.29. The Morgan fingerprint density at radius 3 is 1.48 bits per heavy atom. The van der Waals surface area contributed by atoms with Crippen LogP contribution in [0.5, 0.6) is 0 Å². The van der Waals surface area contributed by atoms with Crippen molar-refractivity contribution in [3.8, 4) is 50.7 Å². The Morgan fingerprint density at radius 1 is 0.360 bits per heavy atom. The molecular weight excluding hydrogens is 611 g/mol. The molecule has 234 valence electrons. The second-order valence-corrected chi connectivity index (χ2v) is 12.5. The van der Waals surface area contributed by atoms with Gasteiger partial charge in [0.05, 0.1) is 22.4 Å². The number of anilines is 3. The number of fused-ring (bicyclic) bond motifs is 8. The molecule has 2 aromatic heterocycles. The summed E-state index contributed by atoms with van der Waals surface area (Å²) < 4.78 is 2.38. The van der Waals surface area contributed by atoms with Crippen molar-refractivity contribution in [3.05, 3.63) is 176 Å². The second kappa shape index (κ2) is 11.4. The summed E-state index contributed by atoms with van der Waals surface area (Å²) in [5, 5.41) is 2.43. The Bertz CT molecular complexity index is 2640. The Morgan fingerprint density at radius 2 is 0.860 bits per heavy atom. The maximum absolute atomic E-state index is 5.19. The lowest BCUT2D eigenvalue weighted by Gasteiger charge is -2.25. The molecule has 0 spiro atoms.